The number of aromatic nitrogens is 1. The van der Waals surface area contributed by atoms with E-state index in [9.17, 15) is 24.8 Å². The quantitative estimate of drug-likeness (QED) is 0.199. The van der Waals surface area contributed by atoms with E-state index in [4.69, 9.17) is 4.74 Å². The van der Waals surface area contributed by atoms with Crippen molar-refractivity contribution in [3.05, 3.63) is 59.8 Å². The molecule has 39 heavy (non-hydrogen) atoms. The molecule has 1 aliphatic rings. The Balaban J connectivity index is 1.55. The van der Waals surface area contributed by atoms with Crippen LogP contribution in [0.5, 0.6) is 0 Å². The molecule has 0 bridgehead atoms. The van der Waals surface area contributed by atoms with E-state index in [2.05, 4.69) is 46.6 Å². The number of benzene rings is 2. The average Bonchev–Trinajstić information content (AvgIpc) is 3.32. The van der Waals surface area contributed by atoms with Crippen LogP contribution in [0.25, 0.3) is 27.6 Å². The van der Waals surface area contributed by atoms with Crippen LogP contribution < -0.4 is 10.2 Å². The third kappa shape index (κ3) is 5.69. The monoisotopic (exact) mass is 550 g/mol. The first-order chi connectivity index (χ1) is 18.6. The normalized spacial score (nSPS) is 23.7. The topological polar surface area (TPSA) is 131 Å². The van der Waals surface area contributed by atoms with Crippen molar-refractivity contribution in [1.29, 1.82) is 5.26 Å². The van der Waals surface area contributed by atoms with Gasteiger partial charge in [-0.05, 0) is 59.2 Å². The average molecular weight is 551 g/mol. The van der Waals surface area contributed by atoms with E-state index in [1.807, 2.05) is 43.9 Å². The Labute approximate surface area is 232 Å². The van der Waals surface area contributed by atoms with Crippen molar-refractivity contribution in [2.75, 3.05) is 25.5 Å². The lowest BCUT2D eigenvalue weighted by atomic mass is 9.93. The fraction of sp³-hybridized carbons (Fsp3) is 0.379. The van der Waals surface area contributed by atoms with Crippen molar-refractivity contribution in [2.45, 2.75) is 37.6 Å². The summed E-state index contributed by atoms with van der Waals surface area (Å²) in [6, 6.07) is 18.4. The summed E-state index contributed by atoms with van der Waals surface area (Å²) in [6.45, 7) is 3.24. The number of fused-ring (bicyclic) bond motifs is 1. The summed E-state index contributed by atoms with van der Waals surface area (Å²) in [7, 11) is 5.91. The minimum Gasteiger partial charge on any atom is -0.390 e. The number of hydrogen-bond acceptors (Lipinski definition) is 8. The van der Waals surface area contributed by atoms with Crippen LogP contribution >= 0.6 is 12.0 Å². The van der Waals surface area contributed by atoms with Crippen LogP contribution in [0.3, 0.4) is 0 Å². The molecule has 1 fully saturated rings. The van der Waals surface area contributed by atoms with Gasteiger partial charge >= 0.3 is 0 Å². The summed E-state index contributed by atoms with van der Waals surface area (Å²) in [4.78, 5) is 15.1. The number of anilines is 1. The third-order valence-corrected chi connectivity index (χ3v) is 8.18. The molecular formula is C29H34N4O5S. The summed E-state index contributed by atoms with van der Waals surface area (Å²) >= 11 is 0.442. The van der Waals surface area contributed by atoms with Crippen LogP contribution in [0.15, 0.2) is 54.1 Å². The zero-order valence-corrected chi connectivity index (χ0v) is 23.4. The number of carbonyl (C=O) groups is 1. The number of nitrogens with zero attached hydrogens (tertiary/aromatic N) is 3. The predicted octanol–water partition coefficient (Wildman–Crippen LogP) is 3.61. The van der Waals surface area contributed by atoms with Crippen LogP contribution in [0.2, 0.25) is 0 Å². The number of allylic oxidation sites excluding steroid dienone is 1. The third-order valence-electron chi connectivity index (χ3n) is 7.43. The summed E-state index contributed by atoms with van der Waals surface area (Å²) in [5.74, 6) is -1.11. The van der Waals surface area contributed by atoms with Crippen LogP contribution in [0, 0.1) is 17.2 Å². The number of ether oxygens (including phenoxy) is 1. The number of nitrogens with one attached hydrogen (secondary N) is 1. The lowest BCUT2D eigenvalue weighted by Crippen LogP contribution is -2.56. The molecular weight excluding hydrogens is 516 g/mol. The lowest BCUT2D eigenvalue weighted by molar-refractivity contribution is -0.170. The minimum absolute atomic E-state index is 0.0650. The number of aliphatic hydroxyl groups excluding tert-OH is 2. The van der Waals surface area contributed by atoms with E-state index in [0.717, 1.165) is 33.4 Å². The van der Waals surface area contributed by atoms with Crippen LogP contribution in [-0.4, -0.2) is 69.6 Å². The highest BCUT2D eigenvalue weighted by molar-refractivity contribution is 7.94. The molecule has 0 spiro atoms. The Morgan fingerprint density at radius 1 is 1.13 bits per heavy atom. The number of carbonyl (C=O) groups excluding carboxylic acids is 1. The molecule has 1 aromatic heterocycles. The number of rotatable bonds is 7. The van der Waals surface area contributed by atoms with Gasteiger partial charge in [-0.3, -0.25) is 4.79 Å². The lowest BCUT2D eigenvalue weighted by Gasteiger charge is -2.40. The first kappa shape index (κ1) is 28.7. The second-order valence-corrected chi connectivity index (χ2v) is 10.8. The molecule has 1 unspecified atom stereocenters. The molecule has 2 aromatic carbocycles. The molecule has 3 aromatic rings. The van der Waals surface area contributed by atoms with Gasteiger partial charge in [0.05, 0.1) is 6.10 Å². The van der Waals surface area contributed by atoms with Crippen molar-refractivity contribution >= 4 is 40.0 Å². The second kappa shape index (κ2) is 11.8. The summed E-state index contributed by atoms with van der Waals surface area (Å²) in [5.41, 5.74) is 3.49. The van der Waals surface area contributed by atoms with Crippen molar-refractivity contribution < 1.29 is 24.3 Å². The molecule has 1 aliphatic heterocycles. The maximum atomic E-state index is 13.0. The fourth-order valence-corrected chi connectivity index (χ4v) is 5.47. The Bertz CT molecular complexity index is 1440. The molecule has 4 rings (SSSR count). The Hall–Kier alpha value is -3.33. The Morgan fingerprint density at radius 2 is 1.82 bits per heavy atom. The van der Waals surface area contributed by atoms with Gasteiger partial charge in [0, 0.05) is 62.7 Å². The highest BCUT2D eigenvalue weighted by atomic mass is 32.2. The molecule has 9 nitrogen and oxygen atoms in total. The van der Waals surface area contributed by atoms with Crippen molar-refractivity contribution in [2.24, 2.45) is 13.0 Å². The summed E-state index contributed by atoms with van der Waals surface area (Å²) in [5, 5.41) is 35.3. The van der Waals surface area contributed by atoms with E-state index in [1.165, 1.54) is 0 Å². The number of hydrogen-bond donors (Lipinski definition) is 4. The Kier molecular flexibility index (Phi) is 8.69. The summed E-state index contributed by atoms with van der Waals surface area (Å²) in [6.07, 6.45) is -3.30. The van der Waals surface area contributed by atoms with Gasteiger partial charge in [0.1, 0.15) is 29.3 Å². The highest BCUT2D eigenvalue weighted by Crippen LogP contribution is 2.32. The molecule has 0 saturated carbocycles. The predicted molar refractivity (Wildman–Crippen MR) is 154 cm³/mol. The van der Waals surface area contributed by atoms with Crippen LogP contribution in [0.4, 0.5) is 5.69 Å². The first-order valence-electron chi connectivity index (χ1n) is 12.7. The van der Waals surface area contributed by atoms with E-state index >= 15 is 0 Å². The van der Waals surface area contributed by atoms with Crippen LogP contribution in [0.1, 0.15) is 19.5 Å². The second-order valence-electron chi connectivity index (χ2n) is 10.1. The molecule has 206 valence electrons. The zero-order valence-electron chi connectivity index (χ0n) is 22.6. The van der Waals surface area contributed by atoms with Crippen molar-refractivity contribution in [1.82, 2.24) is 9.88 Å². The maximum Gasteiger partial charge on any atom is 0.262 e. The van der Waals surface area contributed by atoms with Gasteiger partial charge in [-0.25, -0.2) is 0 Å². The summed E-state index contributed by atoms with van der Waals surface area (Å²) < 4.78 is 17.0. The number of nitriles is 1. The van der Waals surface area contributed by atoms with E-state index in [-0.39, 0.29) is 12.1 Å². The number of aliphatic hydroxyl groups is 2. The molecule has 5 atom stereocenters. The fourth-order valence-electron chi connectivity index (χ4n) is 4.92. The Morgan fingerprint density at radius 3 is 2.49 bits per heavy atom. The van der Waals surface area contributed by atoms with E-state index in [0.29, 0.717) is 17.6 Å². The van der Waals surface area contributed by atoms with Gasteiger partial charge in [-0.15, -0.1) is 0 Å². The molecule has 2 heterocycles. The van der Waals surface area contributed by atoms with Crippen molar-refractivity contribution in [3.8, 4) is 17.3 Å². The van der Waals surface area contributed by atoms with Gasteiger partial charge in [-0.2, -0.15) is 5.26 Å². The molecule has 10 heteroatoms. The maximum absolute atomic E-state index is 13.0. The van der Waals surface area contributed by atoms with Gasteiger partial charge in [-0.1, -0.05) is 25.1 Å². The largest absolute Gasteiger partial charge is 0.390 e. The SMILES string of the molecule is C/C(=C(/C#N)C(=O)NC[C@H]1OC(SO)[C@H](C)[C@@H](O)[C@@H]1O)c1ccc(-c2ccc3cc(N(C)C)ccc3c2)n1C. The van der Waals surface area contributed by atoms with Crippen LogP contribution in [-0.2, 0) is 16.6 Å². The molecule has 0 radical (unpaired) electrons. The van der Waals surface area contributed by atoms with Gasteiger partial charge in [0.2, 0.25) is 0 Å². The van der Waals surface area contributed by atoms with Gasteiger partial charge in [0.25, 0.3) is 5.91 Å². The van der Waals surface area contributed by atoms with E-state index in [1.54, 1.807) is 13.8 Å². The van der Waals surface area contributed by atoms with E-state index < -0.39 is 35.6 Å². The number of amides is 1. The standard InChI is InChI=1S/C29H34N4O5S/c1-16(22(14-30)28(36)31-15-25-27(35)26(34)17(2)29(38-25)39-37)23-10-11-24(33(23)5)20-7-6-19-13-21(32(3)4)9-8-18(19)12-20/h6-13,17,25-27,29,34-35,37H,15H2,1-5H3,(H,31,36)/b22-16+/t17-,25-,26-,27-,29?/m1/s1. The molecule has 4 N–H and O–H groups in total. The smallest absolute Gasteiger partial charge is 0.262 e. The molecule has 1 saturated heterocycles. The highest BCUT2D eigenvalue weighted by Gasteiger charge is 2.42. The molecule has 0 aliphatic carbocycles. The van der Waals surface area contributed by atoms with Gasteiger partial charge in [0.15, 0.2) is 0 Å². The van der Waals surface area contributed by atoms with Crippen molar-refractivity contribution in [3.63, 3.8) is 0 Å². The zero-order chi connectivity index (χ0) is 28.4. The first-order valence-corrected chi connectivity index (χ1v) is 13.5. The molecule has 1 amide bonds. The minimum atomic E-state index is -1.24. The van der Waals surface area contributed by atoms with Gasteiger partial charge < -0.3 is 34.3 Å².